The Bertz CT molecular complexity index is 282. The minimum absolute atomic E-state index is 0.209. The van der Waals surface area contributed by atoms with E-state index in [0.29, 0.717) is 6.54 Å². The average molecular weight is 302 g/mol. The van der Waals surface area contributed by atoms with Gasteiger partial charge >= 0.3 is 6.03 Å². The summed E-state index contributed by atoms with van der Waals surface area (Å²) in [6.07, 6.45) is 4.76. The van der Waals surface area contributed by atoms with Crippen LogP contribution in [0.4, 0.5) is 4.79 Å². The zero-order valence-corrected chi connectivity index (χ0v) is 13.4. The molecule has 0 heterocycles. The molecule has 0 aromatic rings. The van der Waals surface area contributed by atoms with Crippen molar-refractivity contribution < 1.29 is 9.59 Å². The number of carbonyl (C=O) groups is 2. The Morgan fingerprint density at radius 2 is 1.80 bits per heavy atom. The van der Waals surface area contributed by atoms with Crippen LogP contribution in [-0.2, 0) is 4.79 Å². The number of amides is 3. The van der Waals surface area contributed by atoms with Crippen molar-refractivity contribution >= 4 is 32.5 Å². The van der Waals surface area contributed by atoms with Crippen molar-refractivity contribution in [1.29, 1.82) is 0 Å². The summed E-state index contributed by atoms with van der Waals surface area (Å²) in [5.74, 6) is 0.750. The highest BCUT2D eigenvalue weighted by atomic mass is 32.1. The van der Waals surface area contributed by atoms with Crippen LogP contribution in [0.5, 0.6) is 0 Å². The van der Waals surface area contributed by atoms with Crippen LogP contribution in [0.1, 0.15) is 32.6 Å². The van der Waals surface area contributed by atoms with Crippen molar-refractivity contribution in [3.63, 3.8) is 0 Å². The van der Waals surface area contributed by atoms with Crippen LogP contribution in [0.25, 0.3) is 0 Å². The molecule has 6 nitrogen and oxygen atoms in total. The van der Waals surface area contributed by atoms with Gasteiger partial charge in [-0.05, 0) is 32.1 Å². The number of hydrogen-bond acceptors (Lipinski definition) is 4. The molecule has 0 saturated carbocycles. The summed E-state index contributed by atoms with van der Waals surface area (Å²) in [5.41, 5.74) is 0. The van der Waals surface area contributed by atoms with E-state index in [1.807, 2.05) is 0 Å². The first kappa shape index (κ1) is 19.1. The maximum Gasteiger partial charge on any atom is 0.315 e. The lowest BCUT2D eigenvalue weighted by atomic mass is 10.2. The largest absolute Gasteiger partial charge is 0.404 e. The van der Waals surface area contributed by atoms with Crippen LogP contribution in [0.2, 0.25) is 0 Å². The topological polar surface area (TPSA) is 82.3 Å². The fraction of sp³-hybridized carbons (Fsp3) is 0.833. The van der Waals surface area contributed by atoms with Gasteiger partial charge in [0.25, 0.3) is 0 Å². The molecule has 0 bridgehead atoms. The van der Waals surface area contributed by atoms with Gasteiger partial charge in [-0.3, -0.25) is 4.79 Å². The summed E-state index contributed by atoms with van der Waals surface area (Å²) in [4.78, 5) is 22.6. The monoisotopic (exact) mass is 302 g/mol. The third-order valence-corrected chi connectivity index (χ3v) is 3.15. The maximum absolute atomic E-state index is 11.4. The molecule has 4 N–H and O–H groups in total. The Hall–Kier alpha value is -0.885. The summed E-state index contributed by atoms with van der Waals surface area (Å²) in [5, 5.41) is 11.0. The third kappa shape index (κ3) is 11.0. The SMILES string of the molecule is BNC(=O)[C@H](C)NC(=O)NCCNCCCCCCS. The average Bonchev–Trinajstić information content (AvgIpc) is 2.44. The molecule has 20 heavy (non-hydrogen) atoms. The number of carbonyl (C=O) groups excluding carboxylic acids is 2. The summed E-state index contributed by atoms with van der Waals surface area (Å²) in [6, 6.07) is -0.850. The highest BCUT2D eigenvalue weighted by Gasteiger charge is 2.12. The molecule has 0 aliphatic carbocycles. The smallest absolute Gasteiger partial charge is 0.315 e. The van der Waals surface area contributed by atoms with Gasteiger partial charge < -0.3 is 21.2 Å². The normalized spacial score (nSPS) is 11.7. The second kappa shape index (κ2) is 13.1. The van der Waals surface area contributed by atoms with Crippen LogP contribution in [0.3, 0.4) is 0 Å². The van der Waals surface area contributed by atoms with Gasteiger partial charge in [0.2, 0.25) is 13.9 Å². The minimum Gasteiger partial charge on any atom is -0.404 e. The molecule has 0 aromatic carbocycles. The number of urea groups is 1. The van der Waals surface area contributed by atoms with Gasteiger partial charge in [0.1, 0.15) is 6.04 Å². The Morgan fingerprint density at radius 3 is 2.45 bits per heavy atom. The van der Waals surface area contributed by atoms with Crippen LogP contribution < -0.4 is 21.2 Å². The lowest BCUT2D eigenvalue weighted by Gasteiger charge is -2.13. The highest BCUT2D eigenvalue weighted by molar-refractivity contribution is 7.80. The molecule has 0 radical (unpaired) electrons. The van der Waals surface area contributed by atoms with E-state index >= 15 is 0 Å². The quantitative estimate of drug-likeness (QED) is 0.201. The zero-order valence-electron chi connectivity index (χ0n) is 12.5. The standard InChI is InChI=1S/C12H27BN4O2S/c1-10(11(18)17-13)16-12(19)15-8-7-14-6-4-2-3-5-9-20/h10,14,20H,2-9,13H2,1H3,(H,17,18)(H2,15,16,19)/t10-/m0/s1. The summed E-state index contributed by atoms with van der Waals surface area (Å²) < 4.78 is 0. The van der Waals surface area contributed by atoms with E-state index in [9.17, 15) is 9.59 Å². The summed E-state index contributed by atoms with van der Waals surface area (Å²) in [7, 11) is 1.54. The molecular weight excluding hydrogens is 275 g/mol. The number of unbranched alkanes of at least 4 members (excludes halogenated alkanes) is 3. The van der Waals surface area contributed by atoms with E-state index in [1.54, 1.807) is 14.9 Å². The van der Waals surface area contributed by atoms with Crippen molar-refractivity contribution in [2.75, 3.05) is 25.4 Å². The zero-order chi connectivity index (χ0) is 15.2. The van der Waals surface area contributed by atoms with Gasteiger partial charge in [0.15, 0.2) is 0 Å². The fourth-order valence-electron chi connectivity index (χ4n) is 1.63. The van der Waals surface area contributed by atoms with Gasteiger partial charge in [0.05, 0.1) is 0 Å². The fourth-order valence-corrected chi connectivity index (χ4v) is 1.86. The summed E-state index contributed by atoms with van der Waals surface area (Å²) >= 11 is 4.17. The third-order valence-electron chi connectivity index (χ3n) is 2.84. The maximum atomic E-state index is 11.4. The molecule has 3 amide bonds. The predicted octanol–water partition coefficient (Wildman–Crippen LogP) is -0.582. The second-order valence-electron chi connectivity index (χ2n) is 4.62. The molecule has 116 valence electrons. The van der Waals surface area contributed by atoms with E-state index in [4.69, 9.17) is 0 Å². The van der Waals surface area contributed by atoms with Gasteiger partial charge in [0, 0.05) is 13.1 Å². The molecule has 1 atom stereocenters. The number of nitrogens with one attached hydrogen (secondary N) is 4. The number of hydrogen-bond donors (Lipinski definition) is 5. The van der Waals surface area contributed by atoms with E-state index < -0.39 is 6.04 Å². The first-order valence-electron chi connectivity index (χ1n) is 7.19. The Labute approximate surface area is 128 Å². The molecule has 8 heteroatoms. The van der Waals surface area contributed by atoms with E-state index in [-0.39, 0.29) is 11.9 Å². The molecule has 0 unspecified atom stereocenters. The van der Waals surface area contributed by atoms with Crippen LogP contribution in [0.15, 0.2) is 0 Å². The van der Waals surface area contributed by atoms with Crippen molar-refractivity contribution in [2.24, 2.45) is 0 Å². The Morgan fingerprint density at radius 1 is 1.10 bits per heavy atom. The molecule has 0 fully saturated rings. The minimum atomic E-state index is -0.528. The van der Waals surface area contributed by atoms with Crippen molar-refractivity contribution in [3.05, 3.63) is 0 Å². The summed E-state index contributed by atoms with van der Waals surface area (Å²) in [6.45, 7) is 3.88. The first-order chi connectivity index (χ1) is 9.61. The van der Waals surface area contributed by atoms with E-state index in [1.165, 1.54) is 19.3 Å². The molecule has 0 aliphatic heterocycles. The van der Waals surface area contributed by atoms with Gasteiger partial charge in [-0.1, -0.05) is 12.8 Å². The molecule has 0 aromatic heterocycles. The van der Waals surface area contributed by atoms with E-state index in [0.717, 1.165) is 25.3 Å². The Kier molecular flexibility index (Phi) is 12.5. The lowest BCUT2D eigenvalue weighted by molar-refractivity contribution is -0.120. The van der Waals surface area contributed by atoms with Gasteiger partial charge in [-0.2, -0.15) is 12.6 Å². The van der Waals surface area contributed by atoms with Crippen LogP contribution in [-0.4, -0.2) is 51.3 Å². The molecule has 0 spiro atoms. The lowest BCUT2D eigenvalue weighted by Crippen LogP contribution is -2.48. The van der Waals surface area contributed by atoms with Gasteiger partial charge in [-0.25, -0.2) is 4.79 Å². The van der Waals surface area contributed by atoms with Crippen molar-refractivity contribution in [2.45, 2.75) is 38.6 Å². The highest BCUT2D eigenvalue weighted by Crippen LogP contribution is 1.99. The molecule has 0 saturated heterocycles. The second-order valence-corrected chi connectivity index (χ2v) is 5.07. The molecular formula is C12H27BN4O2S. The van der Waals surface area contributed by atoms with Crippen molar-refractivity contribution in [3.8, 4) is 0 Å². The van der Waals surface area contributed by atoms with Crippen molar-refractivity contribution in [1.82, 2.24) is 21.2 Å². The number of thiol groups is 1. The molecule has 0 aliphatic rings. The van der Waals surface area contributed by atoms with Gasteiger partial charge in [-0.15, -0.1) is 0 Å². The van der Waals surface area contributed by atoms with Crippen LogP contribution >= 0.6 is 12.6 Å². The van der Waals surface area contributed by atoms with E-state index in [2.05, 4.69) is 33.8 Å². The number of rotatable bonds is 11. The predicted molar refractivity (Wildman–Crippen MR) is 87.9 cm³/mol. The molecule has 0 rings (SSSR count). The van der Waals surface area contributed by atoms with Crippen LogP contribution in [0, 0.1) is 0 Å². The first-order valence-corrected chi connectivity index (χ1v) is 7.82. The Balaban J connectivity index is 3.37.